The number of thiazole rings is 1. The fourth-order valence-electron chi connectivity index (χ4n) is 5.14. The van der Waals surface area contributed by atoms with Gasteiger partial charge in [-0.25, -0.2) is 9.37 Å². The molecule has 0 radical (unpaired) electrons. The summed E-state index contributed by atoms with van der Waals surface area (Å²) in [6.07, 6.45) is 1.60. The Labute approximate surface area is 239 Å². The average Bonchev–Trinajstić information content (AvgIpc) is 3.46. The molecule has 0 bridgehead atoms. The number of rotatable bonds is 7. The van der Waals surface area contributed by atoms with Crippen molar-refractivity contribution in [2.75, 3.05) is 13.1 Å². The maximum absolute atomic E-state index is 14.3. The van der Waals surface area contributed by atoms with Gasteiger partial charge < -0.3 is 10.2 Å². The van der Waals surface area contributed by atoms with Crippen LogP contribution in [-0.4, -0.2) is 34.8 Å². The van der Waals surface area contributed by atoms with Gasteiger partial charge in [-0.15, -0.1) is 11.3 Å². The van der Waals surface area contributed by atoms with Gasteiger partial charge in [0.25, 0.3) is 11.8 Å². The highest BCUT2D eigenvalue weighted by Crippen LogP contribution is 2.33. The second-order valence-corrected chi connectivity index (χ2v) is 11.8. The Morgan fingerprint density at radius 1 is 1.02 bits per heavy atom. The first kappa shape index (κ1) is 27.7. The number of halogens is 1. The molecule has 0 saturated carbocycles. The molecule has 0 spiro atoms. The van der Waals surface area contributed by atoms with Crippen LogP contribution in [0.3, 0.4) is 0 Å². The molecular formula is C33H34FN3O2S. The van der Waals surface area contributed by atoms with Gasteiger partial charge in [0.15, 0.2) is 0 Å². The molecule has 5 rings (SSSR count). The normalized spacial score (nSPS) is 14.2. The smallest absolute Gasteiger partial charge is 0.271 e. The Morgan fingerprint density at radius 2 is 1.75 bits per heavy atom. The molecule has 1 saturated heterocycles. The Hall–Kier alpha value is -3.84. The molecule has 0 aliphatic carbocycles. The van der Waals surface area contributed by atoms with Gasteiger partial charge in [-0.3, -0.25) is 9.59 Å². The van der Waals surface area contributed by atoms with Gasteiger partial charge >= 0.3 is 0 Å². The summed E-state index contributed by atoms with van der Waals surface area (Å²) >= 11 is 1.51. The molecule has 2 heterocycles. The first-order valence-corrected chi connectivity index (χ1v) is 14.5. The van der Waals surface area contributed by atoms with Crippen LogP contribution in [0.25, 0.3) is 11.1 Å². The van der Waals surface area contributed by atoms with Crippen molar-refractivity contribution < 1.29 is 14.0 Å². The van der Waals surface area contributed by atoms with E-state index in [4.69, 9.17) is 0 Å². The molecule has 40 heavy (non-hydrogen) atoms. The van der Waals surface area contributed by atoms with E-state index in [2.05, 4.69) is 16.4 Å². The van der Waals surface area contributed by atoms with E-state index in [1.54, 1.807) is 12.1 Å². The summed E-state index contributed by atoms with van der Waals surface area (Å²) in [6, 6.07) is 23.0. The van der Waals surface area contributed by atoms with E-state index >= 15 is 0 Å². The zero-order chi connectivity index (χ0) is 28.3. The van der Waals surface area contributed by atoms with Crippen LogP contribution in [0.4, 0.5) is 4.39 Å². The SMILES string of the molecule is Cc1cccc(CNC(=O)c2csc(C3CCN(C(=O)c4ccccc4-c4ccc(C(C)(C)F)cc4)CC3)n2)c1. The molecular weight excluding hydrogens is 521 g/mol. The molecule has 1 aromatic heterocycles. The van der Waals surface area contributed by atoms with Crippen LogP contribution in [0.15, 0.2) is 78.2 Å². The molecule has 4 aromatic rings. The van der Waals surface area contributed by atoms with Gasteiger partial charge in [0.2, 0.25) is 0 Å². The predicted molar refractivity (Wildman–Crippen MR) is 158 cm³/mol. The van der Waals surface area contributed by atoms with E-state index in [1.807, 2.05) is 71.8 Å². The van der Waals surface area contributed by atoms with E-state index in [-0.39, 0.29) is 17.7 Å². The quantitative estimate of drug-likeness (QED) is 0.261. The van der Waals surface area contributed by atoms with Crippen molar-refractivity contribution in [3.8, 4) is 11.1 Å². The van der Waals surface area contributed by atoms with Crippen LogP contribution < -0.4 is 5.32 Å². The summed E-state index contributed by atoms with van der Waals surface area (Å²) < 4.78 is 14.3. The monoisotopic (exact) mass is 555 g/mol. The second-order valence-electron chi connectivity index (χ2n) is 10.9. The van der Waals surface area contributed by atoms with Crippen LogP contribution in [-0.2, 0) is 12.2 Å². The van der Waals surface area contributed by atoms with Crippen molar-refractivity contribution in [3.05, 3.63) is 111 Å². The second kappa shape index (κ2) is 11.7. The summed E-state index contributed by atoms with van der Waals surface area (Å²) in [5.41, 5.74) is 4.24. The van der Waals surface area contributed by atoms with Crippen molar-refractivity contribution in [2.24, 2.45) is 0 Å². The predicted octanol–water partition coefficient (Wildman–Crippen LogP) is 7.27. The van der Waals surface area contributed by atoms with Gasteiger partial charge in [-0.1, -0.05) is 72.3 Å². The average molecular weight is 556 g/mol. The van der Waals surface area contributed by atoms with E-state index in [0.29, 0.717) is 36.5 Å². The highest BCUT2D eigenvalue weighted by atomic mass is 32.1. The minimum atomic E-state index is -1.42. The van der Waals surface area contributed by atoms with Crippen molar-refractivity contribution in [1.82, 2.24) is 15.2 Å². The lowest BCUT2D eigenvalue weighted by atomic mass is 9.93. The van der Waals surface area contributed by atoms with Crippen molar-refractivity contribution in [2.45, 2.75) is 51.7 Å². The minimum Gasteiger partial charge on any atom is -0.347 e. The molecule has 1 aliphatic heterocycles. The Bertz CT molecular complexity index is 1500. The number of aryl methyl sites for hydroxylation is 1. The fourth-order valence-corrected chi connectivity index (χ4v) is 6.11. The number of aromatic nitrogens is 1. The van der Waals surface area contributed by atoms with E-state index in [0.717, 1.165) is 40.1 Å². The summed E-state index contributed by atoms with van der Waals surface area (Å²) in [5, 5.41) is 5.73. The fraction of sp³-hybridized carbons (Fsp3) is 0.303. The summed E-state index contributed by atoms with van der Waals surface area (Å²) in [6.45, 7) is 6.83. The third kappa shape index (κ3) is 6.31. The Balaban J connectivity index is 1.20. The number of hydrogen-bond donors (Lipinski definition) is 1. The number of carbonyl (C=O) groups is 2. The molecule has 7 heteroatoms. The summed E-state index contributed by atoms with van der Waals surface area (Å²) in [5.74, 6) is 0.0508. The number of alkyl halides is 1. The Kier molecular flexibility index (Phi) is 8.12. The summed E-state index contributed by atoms with van der Waals surface area (Å²) in [4.78, 5) is 32.8. The molecule has 0 atom stereocenters. The number of carbonyl (C=O) groups excluding carboxylic acids is 2. The summed E-state index contributed by atoms with van der Waals surface area (Å²) in [7, 11) is 0. The third-order valence-electron chi connectivity index (χ3n) is 7.46. The number of nitrogens with zero attached hydrogens (tertiary/aromatic N) is 2. The van der Waals surface area contributed by atoms with Crippen molar-refractivity contribution in [3.63, 3.8) is 0 Å². The third-order valence-corrected chi connectivity index (χ3v) is 8.47. The Morgan fingerprint density at radius 3 is 2.45 bits per heavy atom. The van der Waals surface area contributed by atoms with E-state index in [9.17, 15) is 14.0 Å². The lowest BCUT2D eigenvalue weighted by Gasteiger charge is -2.31. The van der Waals surface area contributed by atoms with Gasteiger partial charge in [0.1, 0.15) is 11.4 Å². The lowest BCUT2D eigenvalue weighted by molar-refractivity contribution is 0.0713. The topological polar surface area (TPSA) is 62.3 Å². The first-order chi connectivity index (χ1) is 19.2. The number of amides is 2. The largest absolute Gasteiger partial charge is 0.347 e. The van der Waals surface area contributed by atoms with E-state index in [1.165, 1.54) is 25.2 Å². The standard InChI is InChI=1S/C33H34FN3O2S/c1-22-7-6-8-23(19-22)20-35-30(38)29-21-40-31(36-29)25-15-17-37(18-16-25)32(39)28-10-5-4-9-27(28)24-11-13-26(14-12-24)33(2,3)34/h4-14,19,21,25H,15-18,20H2,1-3H3,(H,35,38). The maximum atomic E-state index is 14.3. The number of nitrogens with one attached hydrogen (secondary N) is 1. The van der Waals surface area contributed by atoms with Gasteiger partial charge in [0.05, 0.1) is 5.01 Å². The van der Waals surface area contributed by atoms with Gasteiger partial charge in [-0.05, 0) is 61.9 Å². The molecule has 206 valence electrons. The number of benzene rings is 3. The zero-order valence-corrected chi connectivity index (χ0v) is 23.9. The zero-order valence-electron chi connectivity index (χ0n) is 23.1. The van der Waals surface area contributed by atoms with E-state index < -0.39 is 5.67 Å². The molecule has 2 amide bonds. The molecule has 5 nitrogen and oxygen atoms in total. The van der Waals surface area contributed by atoms with Gasteiger partial charge in [0, 0.05) is 36.5 Å². The van der Waals surface area contributed by atoms with Crippen LogP contribution >= 0.6 is 11.3 Å². The van der Waals surface area contributed by atoms with Crippen LogP contribution in [0, 0.1) is 6.92 Å². The van der Waals surface area contributed by atoms with Crippen molar-refractivity contribution >= 4 is 23.2 Å². The maximum Gasteiger partial charge on any atom is 0.271 e. The van der Waals surface area contributed by atoms with Crippen LogP contribution in [0.5, 0.6) is 0 Å². The number of piperidine rings is 1. The van der Waals surface area contributed by atoms with Crippen molar-refractivity contribution in [1.29, 1.82) is 0 Å². The number of hydrogen-bond acceptors (Lipinski definition) is 4. The highest BCUT2D eigenvalue weighted by Gasteiger charge is 2.28. The van der Waals surface area contributed by atoms with Gasteiger partial charge in [-0.2, -0.15) is 0 Å². The minimum absolute atomic E-state index is 0.000646. The molecule has 3 aromatic carbocycles. The highest BCUT2D eigenvalue weighted by molar-refractivity contribution is 7.09. The molecule has 1 aliphatic rings. The number of likely N-dealkylation sites (tertiary alicyclic amines) is 1. The van der Waals surface area contributed by atoms with Crippen LogP contribution in [0.1, 0.15) is 75.2 Å². The molecule has 1 N–H and O–H groups in total. The molecule has 0 unspecified atom stereocenters. The first-order valence-electron chi connectivity index (χ1n) is 13.7. The van der Waals surface area contributed by atoms with Crippen LogP contribution in [0.2, 0.25) is 0 Å². The molecule has 1 fully saturated rings. The lowest BCUT2D eigenvalue weighted by Crippen LogP contribution is -2.38.